The van der Waals surface area contributed by atoms with E-state index in [1.54, 1.807) is 0 Å². The summed E-state index contributed by atoms with van der Waals surface area (Å²) in [6.07, 6.45) is 10.5. The van der Waals surface area contributed by atoms with E-state index in [0.717, 1.165) is 13.1 Å². The molecule has 0 amide bonds. The van der Waals surface area contributed by atoms with Gasteiger partial charge in [-0.1, -0.05) is 32.6 Å². The van der Waals surface area contributed by atoms with Crippen molar-refractivity contribution in [2.75, 3.05) is 19.6 Å². The van der Waals surface area contributed by atoms with E-state index >= 15 is 0 Å². The normalized spacial score (nSPS) is 26.1. The van der Waals surface area contributed by atoms with E-state index in [1.807, 2.05) is 0 Å². The lowest BCUT2D eigenvalue weighted by atomic mass is 9.96. The SMILES string of the molecule is CCN1CCCCC1CN=C(N)NC1CCCCC1.I. The zero-order valence-electron chi connectivity index (χ0n) is 12.8. The molecule has 1 atom stereocenters. The van der Waals surface area contributed by atoms with Crippen LogP contribution < -0.4 is 11.1 Å². The van der Waals surface area contributed by atoms with Gasteiger partial charge in [0.25, 0.3) is 0 Å². The van der Waals surface area contributed by atoms with Crippen LogP contribution in [0.15, 0.2) is 4.99 Å². The molecule has 1 heterocycles. The number of guanidine groups is 1. The van der Waals surface area contributed by atoms with E-state index in [1.165, 1.54) is 57.9 Å². The van der Waals surface area contributed by atoms with E-state index in [0.29, 0.717) is 18.0 Å². The van der Waals surface area contributed by atoms with Crippen molar-refractivity contribution in [2.45, 2.75) is 70.4 Å². The zero-order chi connectivity index (χ0) is 13.5. The van der Waals surface area contributed by atoms with Gasteiger partial charge in [0.1, 0.15) is 0 Å². The van der Waals surface area contributed by atoms with Gasteiger partial charge in [0.15, 0.2) is 5.96 Å². The number of nitrogens with zero attached hydrogens (tertiary/aromatic N) is 2. The van der Waals surface area contributed by atoms with Crippen molar-refractivity contribution >= 4 is 29.9 Å². The summed E-state index contributed by atoms with van der Waals surface area (Å²) in [6.45, 7) is 5.47. The van der Waals surface area contributed by atoms with Gasteiger partial charge in [-0.05, 0) is 38.8 Å². The van der Waals surface area contributed by atoms with E-state index in [4.69, 9.17) is 5.73 Å². The lowest BCUT2D eigenvalue weighted by Gasteiger charge is -2.34. The van der Waals surface area contributed by atoms with Crippen molar-refractivity contribution < 1.29 is 0 Å². The Balaban J connectivity index is 0.00000200. The monoisotopic (exact) mass is 394 g/mol. The highest BCUT2D eigenvalue weighted by atomic mass is 127. The van der Waals surface area contributed by atoms with Crippen molar-refractivity contribution in [1.82, 2.24) is 10.2 Å². The second-order valence-electron chi connectivity index (χ2n) is 5.98. The highest BCUT2D eigenvalue weighted by molar-refractivity contribution is 14.0. The first-order chi connectivity index (χ1) is 9.29. The molecule has 0 aromatic rings. The van der Waals surface area contributed by atoms with Crippen LogP contribution in [0.1, 0.15) is 58.3 Å². The molecule has 0 bridgehead atoms. The largest absolute Gasteiger partial charge is 0.370 e. The van der Waals surface area contributed by atoms with E-state index in [-0.39, 0.29) is 24.0 Å². The summed E-state index contributed by atoms with van der Waals surface area (Å²) in [4.78, 5) is 7.12. The Morgan fingerprint density at radius 1 is 1.15 bits per heavy atom. The fourth-order valence-corrected chi connectivity index (χ4v) is 3.39. The van der Waals surface area contributed by atoms with Gasteiger partial charge in [-0.15, -0.1) is 24.0 Å². The van der Waals surface area contributed by atoms with Crippen molar-refractivity contribution in [2.24, 2.45) is 10.7 Å². The molecule has 2 fully saturated rings. The molecule has 118 valence electrons. The van der Waals surface area contributed by atoms with Crippen molar-refractivity contribution in [3.63, 3.8) is 0 Å². The number of likely N-dealkylation sites (N-methyl/N-ethyl adjacent to an activating group) is 1. The van der Waals surface area contributed by atoms with E-state index in [2.05, 4.69) is 22.1 Å². The van der Waals surface area contributed by atoms with Gasteiger partial charge in [-0.25, -0.2) is 0 Å². The van der Waals surface area contributed by atoms with Crippen LogP contribution in [0.5, 0.6) is 0 Å². The van der Waals surface area contributed by atoms with Crippen LogP contribution in [0.4, 0.5) is 0 Å². The van der Waals surface area contributed by atoms with Crippen LogP contribution in [0, 0.1) is 0 Å². The molecule has 5 heteroatoms. The standard InChI is InChI=1S/C15H30N4.HI/c1-2-19-11-7-6-10-14(19)12-17-15(16)18-13-8-4-3-5-9-13;/h13-14H,2-12H2,1H3,(H3,16,17,18);1H. The average Bonchev–Trinajstić information content (AvgIpc) is 2.46. The molecule has 0 aromatic heterocycles. The van der Waals surface area contributed by atoms with Crippen LogP contribution in [-0.4, -0.2) is 42.6 Å². The van der Waals surface area contributed by atoms with Gasteiger partial charge in [0, 0.05) is 12.1 Å². The Kier molecular flexibility index (Phi) is 8.84. The second-order valence-corrected chi connectivity index (χ2v) is 5.98. The molecule has 1 aliphatic carbocycles. The molecule has 2 rings (SSSR count). The average molecular weight is 394 g/mol. The van der Waals surface area contributed by atoms with Crippen LogP contribution >= 0.6 is 24.0 Å². The maximum Gasteiger partial charge on any atom is 0.188 e. The molecule has 3 N–H and O–H groups in total. The van der Waals surface area contributed by atoms with Gasteiger partial charge in [-0.3, -0.25) is 9.89 Å². The first-order valence-electron chi connectivity index (χ1n) is 8.10. The summed E-state index contributed by atoms with van der Waals surface area (Å²) in [6, 6.07) is 1.16. The predicted molar refractivity (Wildman–Crippen MR) is 96.8 cm³/mol. The minimum atomic E-state index is 0. The number of rotatable bonds is 4. The van der Waals surface area contributed by atoms with Gasteiger partial charge in [0.2, 0.25) is 0 Å². The highest BCUT2D eigenvalue weighted by Gasteiger charge is 2.20. The van der Waals surface area contributed by atoms with Crippen molar-refractivity contribution in [3.05, 3.63) is 0 Å². The van der Waals surface area contributed by atoms with Gasteiger partial charge in [0.05, 0.1) is 6.54 Å². The summed E-state index contributed by atoms with van der Waals surface area (Å²) < 4.78 is 0. The second kappa shape index (κ2) is 9.82. The van der Waals surface area contributed by atoms with E-state index in [9.17, 15) is 0 Å². The smallest absolute Gasteiger partial charge is 0.188 e. The van der Waals surface area contributed by atoms with Crippen molar-refractivity contribution in [1.29, 1.82) is 0 Å². The fraction of sp³-hybridized carbons (Fsp3) is 0.933. The zero-order valence-corrected chi connectivity index (χ0v) is 15.1. The third-order valence-corrected chi connectivity index (χ3v) is 4.58. The molecule has 2 aliphatic rings. The molecular weight excluding hydrogens is 363 g/mol. The predicted octanol–water partition coefficient (Wildman–Crippen LogP) is 2.72. The Labute approximate surface area is 141 Å². The van der Waals surface area contributed by atoms with Crippen molar-refractivity contribution in [3.8, 4) is 0 Å². The number of likely N-dealkylation sites (tertiary alicyclic amines) is 1. The summed E-state index contributed by atoms with van der Waals surface area (Å²) in [7, 11) is 0. The Hall–Kier alpha value is -0.0400. The topological polar surface area (TPSA) is 53.6 Å². The van der Waals surface area contributed by atoms with Crippen LogP contribution in [0.3, 0.4) is 0 Å². The molecule has 1 saturated carbocycles. The van der Waals surface area contributed by atoms with Gasteiger partial charge < -0.3 is 11.1 Å². The van der Waals surface area contributed by atoms with E-state index < -0.39 is 0 Å². The van der Waals surface area contributed by atoms with Crippen LogP contribution in [-0.2, 0) is 0 Å². The number of hydrogen-bond donors (Lipinski definition) is 2. The first-order valence-corrected chi connectivity index (χ1v) is 8.10. The fourth-order valence-electron chi connectivity index (χ4n) is 3.39. The van der Waals surface area contributed by atoms with Crippen LogP contribution in [0.2, 0.25) is 0 Å². The minimum Gasteiger partial charge on any atom is -0.370 e. The van der Waals surface area contributed by atoms with Crippen LogP contribution in [0.25, 0.3) is 0 Å². The molecule has 0 spiro atoms. The lowest BCUT2D eigenvalue weighted by molar-refractivity contribution is 0.161. The molecule has 1 unspecified atom stereocenters. The molecule has 0 radical (unpaired) electrons. The minimum absolute atomic E-state index is 0. The molecule has 4 nitrogen and oxygen atoms in total. The number of hydrogen-bond acceptors (Lipinski definition) is 2. The number of halogens is 1. The summed E-state index contributed by atoms with van der Waals surface area (Å²) in [5.41, 5.74) is 6.03. The van der Waals surface area contributed by atoms with Gasteiger partial charge in [-0.2, -0.15) is 0 Å². The number of piperidine rings is 1. The first kappa shape index (κ1) is 18.0. The molecular formula is C15H31IN4. The third kappa shape index (κ3) is 5.76. The molecule has 1 saturated heterocycles. The molecule has 0 aromatic carbocycles. The lowest BCUT2D eigenvalue weighted by Crippen LogP contribution is -2.44. The maximum absolute atomic E-state index is 6.03. The molecule has 1 aliphatic heterocycles. The summed E-state index contributed by atoms with van der Waals surface area (Å²) in [5.74, 6) is 0.661. The highest BCUT2D eigenvalue weighted by Crippen LogP contribution is 2.18. The quantitative estimate of drug-likeness (QED) is 0.438. The number of aliphatic imine (C=N–C) groups is 1. The summed E-state index contributed by atoms with van der Waals surface area (Å²) >= 11 is 0. The third-order valence-electron chi connectivity index (χ3n) is 4.58. The Morgan fingerprint density at radius 2 is 1.85 bits per heavy atom. The Morgan fingerprint density at radius 3 is 2.55 bits per heavy atom. The summed E-state index contributed by atoms with van der Waals surface area (Å²) in [5, 5.41) is 3.40. The number of nitrogens with two attached hydrogens (primary N) is 1. The Bertz CT molecular complexity index is 290. The molecule has 20 heavy (non-hydrogen) atoms. The van der Waals surface area contributed by atoms with Gasteiger partial charge >= 0.3 is 0 Å². The number of nitrogens with one attached hydrogen (secondary N) is 1. The maximum atomic E-state index is 6.03.